The van der Waals surface area contributed by atoms with Crippen molar-refractivity contribution in [1.82, 2.24) is 19.9 Å². The molecule has 0 amide bonds. The van der Waals surface area contributed by atoms with Crippen molar-refractivity contribution in [3.05, 3.63) is 41.3 Å². The van der Waals surface area contributed by atoms with Gasteiger partial charge in [-0.1, -0.05) is 12.1 Å². The Balaban J connectivity index is 2.00. The van der Waals surface area contributed by atoms with Crippen LogP contribution >= 0.6 is 0 Å². The van der Waals surface area contributed by atoms with Gasteiger partial charge < -0.3 is 4.74 Å². The second-order valence-electron chi connectivity index (χ2n) is 5.59. The summed E-state index contributed by atoms with van der Waals surface area (Å²) >= 11 is 0. The molecule has 1 aromatic carbocycles. The number of aromatic nitrogens is 4. The molecule has 0 aliphatic rings. The van der Waals surface area contributed by atoms with E-state index in [0.29, 0.717) is 35.5 Å². The van der Waals surface area contributed by atoms with E-state index in [4.69, 9.17) is 4.74 Å². The summed E-state index contributed by atoms with van der Waals surface area (Å²) in [6, 6.07) is 5.76. The zero-order valence-electron chi connectivity index (χ0n) is 14.6. The number of ketones is 1. The first-order valence-corrected chi connectivity index (χ1v) is 8.01. The Kier molecular flexibility index (Phi) is 4.56. The molecule has 7 nitrogen and oxygen atoms in total. The Morgan fingerprint density at radius 2 is 1.88 bits per heavy atom. The van der Waals surface area contributed by atoms with Crippen molar-refractivity contribution in [2.45, 2.75) is 27.7 Å². The van der Waals surface area contributed by atoms with Crippen molar-refractivity contribution in [1.29, 1.82) is 0 Å². The third-order valence-electron chi connectivity index (χ3n) is 3.76. The lowest BCUT2D eigenvalue weighted by Crippen LogP contribution is -2.07. The van der Waals surface area contributed by atoms with Crippen LogP contribution in [0, 0.1) is 13.8 Å². The van der Waals surface area contributed by atoms with Gasteiger partial charge in [0.2, 0.25) is 11.9 Å². The van der Waals surface area contributed by atoms with E-state index < -0.39 is 0 Å². The molecular weight excluding hydrogens is 318 g/mol. The molecule has 0 saturated heterocycles. The number of hydrogen-bond donors (Lipinski definition) is 1. The predicted octanol–water partition coefficient (Wildman–Crippen LogP) is 3.38. The summed E-state index contributed by atoms with van der Waals surface area (Å²) in [6.45, 7) is 7.65. The van der Waals surface area contributed by atoms with Gasteiger partial charge in [-0.2, -0.15) is 0 Å². The second-order valence-corrected chi connectivity index (χ2v) is 5.59. The van der Waals surface area contributed by atoms with Gasteiger partial charge in [0.15, 0.2) is 5.78 Å². The zero-order valence-corrected chi connectivity index (χ0v) is 14.6. The number of Topliss-reactive ketones (excluding diaryl/α,β-unsaturated/α-hetero) is 1. The zero-order chi connectivity index (χ0) is 18.0. The molecule has 3 aromatic rings. The fraction of sp³-hybridized carbons (Fsp3) is 0.278. The summed E-state index contributed by atoms with van der Waals surface area (Å²) in [5.74, 6) is 1.36. The molecule has 0 aliphatic carbocycles. The van der Waals surface area contributed by atoms with E-state index in [-0.39, 0.29) is 5.78 Å². The van der Waals surface area contributed by atoms with Gasteiger partial charge in [0.1, 0.15) is 11.3 Å². The topological polar surface area (TPSA) is 89.9 Å². The van der Waals surface area contributed by atoms with Crippen LogP contribution in [0.15, 0.2) is 24.4 Å². The number of hydrogen-bond acceptors (Lipinski definition) is 7. The summed E-state index contributed by atoms with van der Waals surface area (Å²) in [7, 11) is 0. The summed E-state index contributed by atoms with van der Waals surface area (Å²) in [4.78, 5) is 29.0. The average molecular weight is 337 g/mol. The second kappa shape index (κ2) is 6.80. The number of ether oxygens (including phenoxy) is 1. The molecule has 2 aromatic heterocycles. The monoisotopic (exact) mass is 337 g/mol. The fourth-order valence-electron chi connectivity index (χ4n) is 2.58. The Morgan fingerprint density at radius 3 is 2.56 bits per heavy atom. The van der Waals surface area contributed by atoms with E-state index >= 15 is 0 Å². The van der Waals surface area contributed by atoms with E-state index in [1.807, 2.05) is 32.0 Å². The number of nitrogens with one attached hydrogen (secondary N) is 1. The van der Waals surface area contributed by atoms with Crippen molar-refractivity contribution < 1.29 is 9.53 Å². The van der Waals surface area contributed by atoms with Crippen molar-refractivity contribution in [3.63, 3.8) is 0 Å². The quantitative estimate of drug-likeness (QED) is 0.714. The molecule has 2 heterocycles. The highest BCUT2D eigenvalue weighted by molar-refractivity contribution is 5.94. The van der Waals surface area contributed by atoms with E-state index in [9.17, 15) is 4.79 Å². The SMILES string of the molecule is CCOc1cccc2c(C)nc(Nc3ncc(C(C)=O)c(C)n3)nc12. The van der Waals surface area contributed by atoms with Gasteiger partial charge in [-0.15, -0.1) is 0 Å². The standard InChI is InChI=1S/C18H19N5O2/c1-5-25-15-8-6-7-13-10(2)21-18(22-16(13)15)23-17-19-9-14(12(4)24)11(3)20-17/h6-9H,5H2,1-4H3,(H,19,20,21,22,23). The summed E-state index contributed by atoms with van der Waals surface area (Å²) in [6.07, 6.45) is 1.51. The Labute approximate surface area is 145 Å². The number of para-hydroxylation sites is 1. The first-order valence-electron chi connectivity index (χ1n) is 8.01. The van der Waals surface area contributed by atoms with Crippen molar-refractivity contribution in [2.75, 3.05) is 11.9 Å². The number of aryl methyl sites for hydroxylation is 2. The minimum atomic E-state index is -0.0665. The van der Waals surface area contributed by atoms with E-state index in [1.54, 1.807) is 6.92 Å². The predicted molar refractivity (Wildman–Crippen MR) is 95.5 cm³/mol. The van der Waals surface area contributed by atoms with Crippen LogP contribution in [-0.2, 0) is 0 Å². The molecule has 0 saturated carbocycles. The molecule has 1 N–H and O–H groups in total. The Morgan fingerprint density at radius 1 is 1.12 bits per heavy atom. The Bertz CT molecular complexity index is 956. The molecule has 0 fully saturated rings. The number of rotatable bonds is 5. The molecular formula is C18H19N5O2. The van der Waals surface area contributed by atoms with Crippen LogP contribution in [-0.4, -0.2) is 32.3 Å². The third-order valence-corrected chi connectivity index (χ3v) is 3.76. The molecule has 3 rings (SSSR count). The molecule has 0 radical (unpaired) electrons. The highest BCUT2D eigenvalue weighted by atomic mass is 16.5. The van der Waals surface area contributed by atoms with Crippen molar-refractivity contribution in [3.8, 4) is 5.75 Å². The first-order chi connectivity index (χ1) is 12.0. The van der Waals surface area contributed by atoms with Crippen LogP contribution in [0.1, 0.15) is 35.6 Å². The van der Waals surface area contributed by atoms with Crippen molar-refractivity contribution in [2.24, 2.45) is 0 Å². The highest BCUT2D eigenvalue weighted by Crippen LogP contribution is 2.27. The van der Waals surface area contributed by atoms with Gasteiger partial charge in [0.25, 0.3) is 0 Å². The summed E-state index contributed by atoms with van der Waals surface area (Å²) in [5.41, 5.74) is 2.67. The molecule has 7 heteroatoms. The van der Waals surface area contributed by atoms with Crippen LogP contribution in [0.2, 0.25) is 0 Å². The summed E-state index contributed by atoms with van der Waals surface area (Å²) < 4.78 is 5.65. The number of nitrogens with zero attached hydrogens (tertiary/aromatic N) is 4. The number of benzene rings is 1. The third kappa shape index (κ3) is 3.40. The van der Waals surface area contributed by atoms with Gasteiger partial charge in [-0.3, -0.25) is 10.1 Å². The summed E-state index contributed by atoms with van der Waals surface area (Å²) in [5, 5.41) is 3.93. The minimum absolute atomic E-state index is 0.0665. The minimum Gasteiger partial charge on any atom is -0.492 e. The number of fused-ring (bicyclic) bond motifs is 1. The van der Waals surface area contributed by atoms with Crippen LogP contribution in [0.25, 0.3) is 10.9 Å². The van der Waals surface area contributed by atoms with Gasteiger partial charge in [0.05, 0.1) is 23.6 Å². The first kappa shape index (κ1) is 16.8. The average Bonchev–Trinajstić information content (AvgIpc) is 2.55. The number of anilines is 2. The van der Waals surface area contributed by atoms with Crippen LogP contribution in [0.3, 0.4) is 0 Å². The molecule has 25 heavy (non-hydrogen) atoms. The van der Waals surface area contributed by atoms with E-state index in [0.717, 1.165) is 16.6 Å². The molecule has 0 spiro atoms. The van der Waals surface area contributed by atoms with Gasteiger partial charge in [0, 0.05) is 11.6 Å². The van der Waals surface area contributed by atoms with Gasteiger partial charge in [-0.05, 0) is 33.8 Å². The molecule has 128 valence electrons. The normalized spacial score (nSPS) is 10.7. The fourth-order valence-corrected chi connectivity index (χ4v) is 2.58. The van der Waals surface area contributed by atoms with Crippen LogP contribution in [0.4, 0.5) is 11.9 Å². The number of carbonyl (C=O) groups excluding carboxylic acids is 1. The molecule has 0 bridgehead atoms. The lowest BCUT2D eigenvalue weighted by molar-refractivity contribution is 0.101. The van der Waals surface area contributed by atoms with Gasteiger partial charge >= 0.3 is 0 Å². The van der Waals surface area contributed by atoms with Gasteiger partial charge in [-0.25, -0.2) is 19.9 Å². The molecule has 0 unspecified atom stereocenters. The lowest BCUT2D eigenvalue weighted by Gasteiger charge is -2.11. The molecule has 0 aliphatic heterocycles. The van der Waals surface area contributed by atoms with Crippen molar-refractivity contribution >= 4 is 28.6 Å². The van der Waals surface area contributed by atoms with Crippen LogP contribution < -0.4 is 10.1 Å². The lowest BCUT2D eigenvalue weighted by atomic mass is 10.2. The number of carbonyl (C=O) groups is 1. The Hall–Kier alpha value is -3.09. The maximum Gasteiger partial charge on any atom is 0.230 e. The smallest absolute Gasteiger partial charge is 0.230 e. The van der Waals surface area contributed by atoms with E-state index in [2.05, 4.69) is 25.3 Å². The maximum absolute atomic E-state index is 11.5. The largest absolute Gasteiger partial charge is 0.492 e. The highest BCUT2D eigenvalue weighted by Gasteiger charge is 2.12. The maximum atomic E-state index is 11.5. The van der Waals surface area contributed by atoms with Crippen LogP contribution in [0.5, 0.6) is 5.75 Å². The van der Waals surface area contributed by atoms with E-state index in [1.165, 1.54) is 13.1 Å². The molecule has 0 atom stereocenters.